The van der Waals surface area contributed by atoms with Gasteiger partial charge in [-0.05, 0) is 0 Å². The predicted molar refractivity (Wildman–Crippen MR) is 32.3 cm³/mol. The molecule has 0 aromatic heterocycles. The zero-order chi connectivity index (χ0) is 7.71. The van der Waals surface area contributed by atoms with Crippen LogP contribution in [-0.4, -0.2) is 30.0 Å². The summed E-state index contributed by atoms with van der Waals surface area (Å²) in [6.07, 6.45) is 0.558. The molecule has 0 saturated carbocycles. The average molecular weight is 154 g/mol. The van der Waals surface area contributed by atoms with E-state index in [2.05, 4.69) is 0 Å². The van der Waals surface area contributed by atoms with Crippen molar-refractivity contribution in [2.75, 3.05) is 6.26 Å². The maximum absolute atomic E-state index is 10.4. The fourth-order valence-electron chi connectivity index (χ4n) is 0.262. The third-order valence-electron chi connectivity index (χ3n) is 1.05. The van der Waals surface area contributed by atoms with Crippen LogP contribution in [0.3, 0.4) is 0 Å². The van der Waals surface area contributed by atoms with Crippen molar-refractivity contribution in [2.24, 2.45) is 0 Å². The lowest BCUT2D eigenvalue weighted by Crippen LogP contribution is -2.36. The maximum atomic E-state index is 10.4. The van der Waals surface area contributed by atoms with Crippen LogP contribution >= 0.6 is 0 Å². The highest BCUT2D eigenvalue weighted by atomic mass is 32.2. The van der Waals surface area contributed by atoms with Crippen molar-refractivity contribution >= 4 is 9.84 Å². The first-order chi connectivity index (χ1) is 3.81. The van der Waals surface area contributed by atoms with Crippen molar-refractivity contribution in [3.05, 3.63) is 0 Å². The van der Waals surface area contributed by atoms with Gasteiger partial charge in [0.25, 0.3) is 5.12 Å². The van der Waals surface area contributed by atoms with Gasteiger partial charge in [-0.25, -0.2) is 8.42 Å². The lowest BCUT2D eigenvalue weighted by atomic mass is 10.5. The van der Waals surface area contributed by atoms with E-state index in [-0.39, 0.29) is 6.42 Å². The lowest BCUT2D eigenvalue weighted by Gasteiger charge is -2.15. The predicted octanol–water partition coefficient (Wildman–Crippen LogP) is -0.921. The molecule has 0 rings (SSSR count). The molecule has 0 bridgehead atoms. The van der Waals surface area contributed by atoms with Gasteiger partial charge in [0, 0.05) is 12.7 Å². The Balaban J connectivity index is 4.56. The van der Waals surface area contributed by atoms with Crippen molar-refractivity contribution in [3.63, 3.8) is 0 Å². The van der Waals surface area contributed by atoms with E-state index >= 15 is 0 Å². The molecule has 0 spiro atoms. The van der Waals surface area contributed by atoms with Gasteiger partial charge in [0.15, 0.2) is 0 Å². The summed E-state index contributed by atoms with van der Waals surface area (Å²) >= 11 is 0. The molecule has 0 aliphatic carbocycles. The lowest BCUT2D eigenvalue weighted by molar-refractivity contribution is -0.0859. The Morgan fingerprint density at radius 3 is 1.78 bits per heavy atom. The van der Waals surface area contributed by atoms with Gasteiger partial charge in [0.05, 0.1) is 0 Å². The summed E-state index contributed by atoms with van der Waals surface area (Å²) in [5.41, 5.74) is 0. The molecule has 0 aliphatic rings. The molecule has 0 saturated heterocycles. The normalized spacial score (nSPS) is 13.8. The molecule has 0 aliphatic heterocycles. The van der Waals surface area contributed by atoms with Gasteiger partial charge >= 0.3 is 0 Å². The topological polar surface area (TPSA) is 74.6 Å². The minimum absolute atomic E-state index is 0.216. The van der Waals surface area contributed by atoms with Crippen LogP contribution in [-0.2, 0) is 9.84 Å². The second-order valence-electron chi connectivity index (χ2n) is 1.87. The van der Waals surface area contributed by atoms with Crippen LogP contribution in [0.4, 0.5) is 0 Å². The van der Waals surface area contributed by atoms with Crippen molar-refractivity contribution < 1.29 is 18.6 Å². The van der Waals surface area contributed by atoms with E-state index in [1.165, 1.54) is 6.92 Å². The van der Waals surface area contributed by atoms with Gasteiger partial charge in [0.1, 0.15) is 0 Å². The van der Waals surface area contributed by atoms with E-state index in [0.717, 1.165) is 6.26 Å². The van der Waals surface area contributed by atoms with Crippen LogP contribution in [0.25, 0.3) is 0 Å². The summed E-state index contributed by atoms with van der Waals surface area (Å²) in [4.78, 5) is 0. The van der Waals surface area contributed by atoms with Crippen LogP contribution < -0.4 is 0 Å². The Morgan fingerprint density at radius 2 is 1.78 bits per heavy atom. The zero-order valence-corrected chi connectivity index (χ0v) is 6.14. The molecule has 56 valence electrons. The van der Waals surface area contributed by atoms with Crippen LogP contribution in [0.1, 0.15) is 13.3 Å². The van der Waals surface area contributed by atoms with Gasteiger partial charge in [-0.15, -0.1) is 0 Å². The quantitative estimate of drug-likeness (QED) is 0.504. The Hall–Kier alpha value is -0.130. The highest BCUT2D eigenvalue weighted by Crippen LogP contribution is 2.11. The molecule has 5 heteroatoms. The van der Waals surface area contributed by atoms with Crippen molar-refractivity contribution in [1.29, 1.82) is 0 Å². The minimum atomic E-state index is -3.74. The van der Waals surface area contributed by atoms with Gasteiger partial charge in [-0.3, -0.25) is 0 Å². The van der Waals surface area contributed by atoms with Crippen LogP contribution in [0, 0.1) is 0 Å². The Morgan fingerprint density at radius 1 is 1.44 bits per heavy atom. The van der Waals surface area contributed by atoms with E-state index in [4.69, 9.17) is 10.2 Å². The summed E-state index contributed by atoms with van der Waals surface area (Å²) in [6, 6.07) is 0. The molecule has 0 fully saturated rings. The molecule has 0 radical (unpaired) electrons. The number of sulfone groups is 1. The zero-order valence-electron chi connectivity index (χ0n) is 5.33. The smallest absolute Gasteiger partial charge is 0.268 e. The fourth-order valence-corrected chi connectivity index (χ4v) is 0.787. The third kappa shape index (κ3) is 1.92. The minimum Gasteiger partial charge on any atom is -0.354 e. The Bertz CT molecular complexity index is 179. The van der Waals surface area contributed by atoms with Crippen molar-refractivity contribution in [2.45, 2.75) is 18.5 Å². The monoisotopic (exact) mass is 154 g/mol. The van der Waals surface area contributed by atoms with E-state index in [1.54, 1.807) is 0 Å². The van der Waals surface area contributed by atoms with Gasteiger partial charge in [-0.1, -0.05) is 6.92 Å². The van der Waals surface area contributed by atoms with E-state index < -0.39 is 15.0 Å². The van der Waals surface area contributed by atoms with Gasteiger partial charge < -0.3 is 10.2 Å². The molecule has 0 atom stereocenters. The molecule has 2 N–H and O–H groups in total. The molecule has 0 unspecified atom stereocenters. The van der Waals surface area contributed by atoms with Crippen LogP contribution in [0.15, 0.2) is 0 Å². The maximum Gasteiger partial charge on any atom is 0.268 e. The third-order valence-corrected chi connectivity index (χ3v) is 2.53. The molecule has 9 heavy (non-hydrogen) atoms. The summed E-state index contributed by atoms with van der Waals surface area (Å²) in [7, 11) is -3.74. The average Bonchev–Trinajstić information content (AvgIpc) is 1.64. The first-order valence-corrected chi connectivity index (χ1v) is 4.34. The van der Waals surface area contributed by atoms with E-state index in [0.29, 0.717) is 0 Å². The number of hydrogen-bond donors (Lipinski definition) is 2. The number of hydrogen-bond acceptors (Lipinski definition) is 4. The summed E-state index contributed by atoms with van der Waals surface area (Å²) < 4.78 is 20.8. The molecule has 0 aromatic carbocycles. The second-order valence-corrected chi connectivity index (χ2v) is 4.07. The SMILES string of the molecule is CCC(O)(O)S(C)(=O)=O. The first-order valence-electron chi connectivity index (χ1n) is 2.45. The van der Waals surface area contributed by atoms with Crippen molar-refractivity contribution in [3.8, 4) is 0 Å². The summed E-state index contributed by atoms with van der Waals surface area (Å²) in [6.45, 7) is 1.38. The standard InChI is InChI=1S/C4H10O4S/c1-3-4(5,6)9(2,7)8/h5-6H,3H2,1-2H3. The van der Waals surface area contributed by atoms with Crippen LogP contribution in [0.5, 0.6) is 0 Å². The van der Waals surface area contributed by atoms with Gasteiger partial charge in [0.2, 0.25) is 9.84 Å². The molecule has 4 nitrogen and oxygen atoms in total. The molecular formula is C4H10O4S. The van der Waals surface area contributed by atoms with Crippen LogP contribution in [0.2, 0.25) is 0 Å². The molecule has 0 aromatic rings. The fraction of sp³-hybridized carbons (Fsp3) is 1.00. The Labute approximate surface area is 54.0 Å². The molecule has 0 heterocycles. The highest BCUT2D eigenvalue weighted by Gasteiger charge is 2.33. The molecule has 0 amide bonds. The number of rotatable bonds is 2. The highest BCUT2D eigenvalue weighted by molar-refractivity contribution is 7.91. The van der Waals surface area contributed by atoms with E-state index in [9.17, 15) is 8.42 Å². The molecular weight excluding hydrogens is 144 g/mol. The Kier molecular flexibility index (Phi) is 2.21. The summed E-state index contributed by atoms with van der Waals surface area (Å²) in [5.74, 6) is 0. The van der Waals surface area contributed by atoms with E-state index in [1.807, 2.05) is 0 Å². The van der Waals surface area contributed by atoms with Gasteiger partial charge in [-0.2, -0.15) is 0 Å². The van der Waals surface area contributed by atoms with Crippen molar-refractivity contribution in [1.82, 2.24) is 0 Å². The number of aliphatic hydroxyl groups is 2. The second kappa shape index (κ2) is 2.24. The largest absolute Gasteiger partial charge is 0.354 e. The summed E-state index contributed by atoms with van der Waals surface area (Å²) in [5, 5.41) is 14.7. The first kappa shape index (κ1) is 8.87.